The maximum Gasteiger partial charge on any atom is 0.246 e. The maximum atomic E-state index is 12.7. The number of aryl methyl sites for hydroxylation is 1. The molecule has 0 aliphatic carbocycles. The molecular weight excluding hydrogens is 404 g/mol. The zero-order valence-electron chi connectivity index (χ0n) is 18.9. The summed E-state index contributed by atoms with van der Waals surface area (Å²) in [5.74, 6) is 1.11. The Morgan fingerprint density at radius 3 is 2.88 bits per heavy atom. The third-order valence-electron chi connectivity index (χ3n) is 5.82. The fourth-order valence-electron chi connectivity index (χ4n) is 3.78. The van der Waals surface area contributed by atoms with Crippen molar-refractivity contribution in [2.24, 2.45) is 0 Å². The summed E-state index contributed by atoms with van der Waals surface area (Å²) in [7, 11) is 1.76. The van der Waals surface area contributed by atoms with Gasteiger partial charge in [0.15, 0.2) is 0 Å². The minimum absolute atomic E-state index is 0.124. The van der Waals surface area contributed by atoms with E-state index in [1.807, 2.05) is 44.2 Å². The molecule has 2 aromatic heterocycles. The predicted molar refractivity (Wildman–Crippen MR) is 125 cm³/mol. The zero-order chi connectivity index (χ0) is 22.9. The van der Waals surface area contributed by atoms with E-state index < -0.39 is 5.54 Å². The average molecular weight is 433 g/mol. The van der Waals surface area contributed by atoms with Crippen LogP contribution in [-0.2, 0) is 29.1 Å². The third-order valence-corrected chi connectivity index (χ3v) is 5.82. The minimum atomic E-state index is -0.677. The third kappa shape index (κ3) is 4.29. The highest BCUT2D eigenvalue weighted by Crippen LogP contribution is 2.27. The first kappa shape index (κ1) is 21.8. The number of rotatable bonds is 5. The Labute approximate surface area is 187 Å². The van der Waals surface area contributed by atoms with Crippen LogP contribution in [0.5, 0.6) is 0 Å². The summed E-state index contributed by atoms with van der Waals surface area (Å²) in [6, 6.07) is 9.86. The van der Waals surface area contributed by atoms with Crippen molar-refractivity contribution < 1.29 is 14.0 Å². The summed E-state index contributed by atoms with van der Waals surface area (Å²) >= 11 is 0. The molecular formula is C25H28N4O3. The molecule has 7 heteroatoms. The van der Waals surface area contributed by atoms with Crippen LogP contribution in [0.1, 0.15) is 43.2 Å². The minimum Gasteiger partial charge on any atom is -0.459 e. The number of amides is 2. The fraction of sp³-hybridized carbons (Fsp3) is 0.320. The van der Waals surface area contributed by atoms with Crippen molar-refractivity contribution in [2.45, 2.75) is 45.8 Å². The van der Waals surface area contributed by atoms with Gasteiger partial charge in [0, 0.05) is 42.4 Å². The predicted octanol–water partition coefficient (Wildman–Crippen LogP) is 3.88. The lowest BCUT2D eigenvalue weighted by atomic mass is 10.1. The molecule has 0 fully saturated rings. The van der Waals surface area contributed by atoms with Gasteiger partial charge in [-0.05, 0) is 44.0 Å². The van der Waals surface area contributed by atoms with Crippen LogP contribution in [0, 0.1) is 0 Å². The molecule has 2 N–H and O–H groups in total. The standard InChI is InChI=1S/C25H28N4O3/c1-5-18-19-8-6-7-9-20(19)32-21(18)15-29(4)22(30)11-10-16-12-17-14-27-25(2,3)24(31)28-23(17)26-13-16/h6-13,27H,5,14-15H2,1-4H3,(H,26,28,31). The average Bonchev–Trinajstić information content (AvgIpc) is 3.08. The molecule has 166 valence electrons. The molecule has 0 unspecified atom stereocenters. The second-order valence-corrected chi connectivity index (χ2v) is 8.59. The van der Waals surface area contributed by atoms with Gasteiger partial charge in [0.05, 0.1) is 12.1 Å². The number of aromatic nitrogens is 1. The highest BCUT2D eigenvalue weighted by Gasteiger charge is 2.30. The molecule has 1 aliphatic rings. The number of nitrogens with zero attached hydrogens (tertiary/aromatic N) is 2. The number of nitrogens with one attached hydrogen (secondary N) is 2. The molecule has 4 rings (SSSR count). The quantitative estimate of drug-likeness (QED) is 0.598. The van der Waals surface area contributed by atoms with Crippen LogP contribution >= 0.6 is 0 Å². The van der Waals surface area contributed by atoms with E-state index in [4.69, 9.17) is 4.42 Å². The molecule has 0 bridgehead atoms. The van der Waals surface area contributed by atoms with Crippen molar-refractivity contribution in [3.8, 4) is 0 Å². The Hall–Kier alpha value is -3.45. The summed E-state index contributed by atoms with van der Waals surface area (Å²) in [5.41, 5.74) is 2.97. The molecule has 0 spiro atoms. The van der Waals surface area contributed by atoms with Gasteiger partial charge in [-0.15, -0.1) is 0 Å². The van der Waals surface area contributed by atoms with Crippen molar-refractivity contribution in [1.29, 1.82) is 0 Å². The lowest BCUT2D eigenvalue weighted by Gasteiger charge is -2.21. The molecule has 0 saturated carbocycles. The van der Waals surface area contributed by atoms with E-state index in [2.05, 4.69) is 22.5 Å². The van der Waals surface area contributed by atoms with Gasteiger partial charge in [0.1, 0.15) is 17.2 Å². The van der Waals surface area contributed by atoms with Gasteiger partial charge in [-0.1, -0.05) is 25.1 Å². The second kappa shape index (κ2) is 8.59. The van der Waals surface area contributed by atoms with Crippen molar-refractivity contribution in [1.82, 2.24) is 15.2 Å². The molecule has 7 nitrogen and oxygen atoms in total. The number of fused-ring (bicyclic) bond motifs is 2. The Bertz CT molecular complexity index is 1210. The van der Waals surface area contributed by atoms with Crippen LogP contribution in [0.2, 0.25) is 0 Å². The lowest BCUT2D eigenvalue weighted by Crippen LogP contribution is -2.47. The monoisotopic (exact) mass is 432 g/mol. The molecule has 3 aromatic rings. The first-order valence-electron chi connectivity index (χ1n) is 10.8. The van der Waals surface area contributed by atoms with Crippen LogP contribution in [-0.4, -0.2) is 34.3 Å². The van der Waals surface area contributed by atoms with Gasteiger partial charge in [-0.2, -0.15) is 0 Å². The number of pyridine rings is 1. The molecule has 0 radical (unpaired) electrons. The number of hydrogen-bond acceptors (Lipinski definition) is 5. The molecule has 2 amide bonds. The van der Waals surface area contributed by atoms with E-state index in [1.54, 1.807) is 24.2 Å². The molecule has 1 aliphatic heterocycles. The van der Waals surface area contributed by atoms with Crippen LogP contribution < -0.4 is 10.6 Å². The first-order valence-corrected chi connectivity index (χ1v) is 10.8. The van der Waals surface area contributed by atoms with E-state index in [0.717, 1.165) is 39.8 Å². The zero-order valence-corrected chi connectivity index (χ0v) is 18.9. The highest BCUT2D eigenvalue weighted by atomic mass is 16.3. The van der Waals surface area contributed by atoms with Gasteiger partial charge in [-0.3, -0.25) is 14.9 Å². The van der Waals surface area contributed by atoms with Crippen LogP contribution in [0.25, 0.3) is 17.0 Å². The Morgan fingerprint density at radius 1 is 1.31 bits per heavy atom. The Balaban J connectivity index is 1.47. The van der Waals surface area contributed by atoms with Crippen LogP contribution in [0.15, 0.2) is 47.0 Å². The number of carbonyl (C=O) groups is 2. The Morgan fingerprint density at radius 2 is 2.09 bits per heavy atom. The number of anilines is 1. The van der Waals surface area contributed by atoms with E-state index >= 15 is 0 Å². The Kier molecular flexibility index (Phi) is 5.84. The molecule has 0 atom stereocenters. The first-order chi connectivity index (χ1) is 15.3. The lowest BCUT2D eigenvalue weighted by molar-refractivity contribution is -0.125. The number of hydrogen-bond donors (Lipinski definition) is 2. The summed E-state index contributed by atoms with van der Waals surface area (Å²) in [6.07, 6.45) is 5.76. The molecule has 32 heavy (non-hydrogen) atoms. The van der Waals surface area contributed by atoms with Gasteiger partial charge in [0.2, 0.25) is 11.8 Å². The van der Waals surface area contributed by atoms with Gasteiger partial charge in [0.25, 0.3) is 0 Å². The number of likely N-dealkylation sites (N-methyl/N-ethyl adjacent to an activating group) is 1. The van der Waals surface area contributed by atoms with Gasteiger partial charge < -0.3 is 14.6 Å². The van der Waals surface area contributed by atoms with Crippen molar-refractivity contribution in [2.75, 3.05) is 12.4 Å². The summed E-state index contributed by atoms with van der Waals surface area (Å²) in [6.45, 7) is 6.65. The normalized spacial score (nSPS) is 15.4. The number of carbonyl (C=O) groups excluding carboxylic acids is 2. The van der Waals surface area contributed by atoms with E-state index in [-0.39, 0.29) is 11.8 Å². The largest absolute Gasteiger partial charge is 0.459 e. The molecule has 1 aromatic carbocycles. The van der Waals surface area contributed by atoms with Gasteiger partial charge in [-0.25, -0.2) is 4.98 Å². The summed E-state index contributed by atoms with van der Waals surface area (Å²) in [5, 5.41) is 7.17. The van der Waals surface area contributed by atoms with E-state index in [1.165, 1.54) is 6.08 Å². The van der Waals surface area contributed by atoms with Gasteiger partial charge >= 0.3 is 0 Å². The molecule has 3 heterocycles. The number of para-hydroxylation sites is 1. The van der Waals surface area contributed by atoms with Crippen molar-refractivity contribution in [3.05, 3.63) is 65.1 Å². The van der Waals surface area contributed by atoms with Crippen LogP contribution in [0.4, 0.5) is 5.82 Å². The van der Waals surface area contributed by atoms with E-state index in [0.29, 0.717) is 18.9 Å². The van der Waals surface area contributed by atoms with Crippen molar-refractivity contribution >= 4 is 34.7 Å². The summed E-state index contributed by atoms with van der Waals surface area (Å²) < 4.78 is 6.00. The smallest absolute Gasteiger partial charge is 0.246 e. The SMILES string of the molecule is CCc1c(CN(C)C(=O)C=Cc2cnc3c(c2)CNC(C)(C)C(=O)N3)oc2ccccc12. The van der Waals surface area contributed by atoms with Crippen molar-refractivity contribution in [3.63, 3.8) is 0 Å². The van der Waals surface area contributed by atoms with E-state index in [9.17, 15) is 9.59 Å². The highest BCUT2D eigenvalue weighted by molar-refractivity contribution is 5.98. The van der Waals surface area contributed by atoms with Crippen LogP contribution in [0.3, 0.4) is 0 Å². The topological polar surface area (TPSA) is 87.5 Å². The fourth-order valence-corrected chi connectivity index (χ4v) is 3.78. The molecule has 0 saturated heterocycles. The second-order valence-electron chi connectivity index (χ2n) is 8.59. The summed E-state index contributed by atoms with van der Waals surface area (Å²) in [4.78, 5) is 31.0. The maximum absolute atomic E-state index is 12.7. The number of benzene rings is 1. The number of furan rings is 1.